The summed E-state index contributed by atoms with van der Waals surface area (Å²) in [6.07, 6.45) is 2.01. The number of likely N-dealkylation sites (tertiary alicyclic amines) is 1. The Morgan fingerprint density at radius 3 is 2.62 bits per heavy atom. The lowest BCUT2D eigenvalue weighted by molar-refractivity contribution is 0.141. The first kappa shape index (κ1) is 13.2. The van der Waals surface area contributed by atoms with Crippen molar-refractivity contribution in [1.82, 2.24) is 9.80 Å². The van der Waals surface area contributed by atoms with E-state index >= 15 is 0 Å². The molecule has 1 unspecified atom stereocenters. The lowest BCUT2D eigenvalue weighted by Crippen LogP contribution is -2.49. The highest BCUT2D eigenvalue weighted by Gasteiger charge is 2.27. The molecule has 1 saturated heterocycles. The third kappa shape index (κ3) is 3.07. The predicted molar refractivity (Wildman–Crippen MR) is 69.4 cm³/mol. The minimum absolute atomic E-state index is 0.117. The lowest BCUT2D eigenvalue weighted by Gasteiger charge is -2.35. The SMILES string of the molecule is CCN(CC)C(=O)N1CCCC(C(N)=S)C1. The van der Waals surface area contributed by atoms with Crippen molar-refractivity contribution in [2.45, 2.75) is 26.7 Å². The number of nitrogens with two attached hydrogens (primary N) is 1. The summed E-state index contributed by atoms with van der Waals surface area (Å²) in [7, 11) is 0. The van der Waals surface area contributed by atoms with Crippen molar-refractivity contribution < 1.29 is 4.79 Å². The second-order valence-electron chi connectivity index (χ2n) is 4.14. The van der Waals surface area contributed by atoms with Crippen LogP contribution < -0.4 is 5.73 Å². The van der Waals surface area contributed by atoms with E-state index in [0.29, 0.717) is 11.5 Å². The molecule has 5 heteroatoms. The Morgan fingerprint density at radius 1 is 1.50 bits per heavy atom. The zero-order chi connectivity index (χ0) is 12.1. The zero-order valence-corrected chi connectivity index (χ0v) is 10.9. The van der Waals surface area contributed by atoms with Gasteiger partial charge >= 0.3 is 6.03 Å². The summed E-state index contributed by atoms with van der Waals surface area (Å²) in [6.45, 7) is 7.01. The molecule has 1 fully saturated rings. The minimum Gasteiger partial charge on any atom is -0.393 e. The lowest BCUT2D eigenvalue weighted by atomic mass is 9.98. The molecule has 16 heavy (non-hydrogen) atoms. The maximum Gasteiger partial charge on any atom is 0.319 e. The van der Waals surface area contributed by atoms with Crippen LogP contribution in [0.1, 0.15) is 26.7 Å². The van der Waals surface area contributed by atoms with Crippen molar-refractivity contribution in [1.29, 1.82) is 0 Å². The van der Waals surface area contributed by atoms with Gasteiger partial charge in [-0.15, -0.1) is 0 Å². The summed E-state index contributed by atoms with van der Waals surface area (Å²) in [4.78, 5) is 16.3. The fourth-order valence-corrected chi connectivity index (χ4v) is 2.27. The van der Waals surface area contributed by atoms with Gasteiger partial charge in [0.1, 0.15) is 0 Å². The van der Waals surface area contributed by atoms with Gasteiger partial charge in [0.25, 0.3) is 0 Å². The van der Waals surface area contributed by atoms with Crippen LogP contribution in [0.3, 0.4) is 0 Å². The highest BCUT2D eigenvalue weighted by Crippen LogP contribution is 2.17. The molecule has 0 radical (unpaired) electrons. The van der Waals surface area contributed by atoms with Crippen LogP contribution in [0.25, 0.3) is 0 Å². The first-order chi connectivity index (χ1) is 7.60. The largest absolute Gasteiger partial charge is 0.393 e. The van der Waals surface area contributed by atoms with Crippen LogP contribution in [0.4, 0.5) is 4.79 Å². The van der Waals surface area contributed by atoms with E-state index in [1.54, 1.807) is 0 Å². The highest BCUT2D eigenvalue weighted by atomic mass is 32.1. The van der Waals surface area contributed by atoms with Crippen LogP contribution in [0.5, 0.6) is 0 Å². The van der Waals surface area contributed by atoms with E-state index in [1.165, 1.54) is 0 Å². The molecular weight excluding hydrogens is 222 g/mol. The average molecular weight is 243 g/mol. The normalized spacial score (nSPS) is 20.6. The van der Waals surface area contributed by atoms with E-state index in [4.69, 9.17) is 18.0 Å². The van der Waals surface area contributed by atoms with Crippen LogP contribution >= 0.6 is 12.2 Å². The smallest absolute Gasteiger partial charge is 0.319 e. The van der Waals surface area contributed by atoms with Crippen LogP contribution in [0.15, 0.2) is 0 Å². The maximum atomic E-state index is 12.1. The fraction of sp³-hybridized carbons (Fsp3) is 0.818. The van der Waals surface area contributed by atoms with Crippen molar-refractivity contribution in [3.05, 3.63) is 0 Å². The minimum atomic E-state index is 0.117. The monoisotopic (exact) mass is 243 g/mol. The zero-order valence-electron chi connectivity index (χ0n) is 10.1. The highest BCUT2D eigenvalue weighted by molar-refractivity contribution is 7.80. The molecule has 1 atom stereocenters. The summed E-state index contributed by atoms with van der Waals surface area (Å²) < 4.78 is 0. The van der Waals surface area contributed by atoms with Crippen LogP contribution in [-0.4, -0.2) is 47.0 Å². The number of amides is 2. The number of rotatable bonds is 3. The Balaban J connectivity index is 2.59. The molecule has 2 N–H and O–H groups in total. The van der Waals surface area contributed by atoms with E-state index in [1.807, 2.05) is 23.6 Å². The average Bonchev–Trinajstić information content (AvgIpc) is 2.30. The summed E-state index contributed by atoms with van der Waals surface area (Å²) >= 11 is 5.00. The van der Waals surface area contributed by atoms with E-state index in [2.05, 4.69) is 0 Å². The molecule has 92 valence electrons. The van der Waals surface area contributed by atoms with Gasteiger partial charge in [0.15, 0.2) is 0 Å². The van der Waals surface area contributed by atoms with Crippen LogP contribution in [0, 0.1) is 5.92 Å². The Bertz CT molecular complexity index is 266. The second-order valence-corrected chi connectivity index (χ2v) is 4.61. The van der Waals surface area contributed by atoms with Gasteiger partial charge in [-0.3, -0.25) is 0 Å². The second kappa shape index (κ2) is 6.03. The van der Waals surface area contributed by atoms with Crippen molar-refractivity contribution in [2.75, 3.05) is 26.2 Å². The number of carbonyl (C=O) groups excluding carboxylic acids is 1. The quantitative estimate of drug-likeness (QED) is 0.763. The van der Waals surface area contributed by atoms with E-state index in [0.717, 1.165) is 32.5 Å². The first-order valence-corrected chi connectivity index (χ1v) is 6.34. The van der Waals surface area contributed by atoms with Crippen LogP contribution in [0.2, 0.25) is 0 Å². The molecule has 2 amide bonds. The molecule has 1 rings (SSSR count). The van der Waals surface area contributed by atoms with Gasteiger partial charge in [0.05, 0.1) is 4.99 Å². The Kier molecular flexibility index (Phi) is 4.99. The van der Waals surface area contributed by atoms with Crippen molar-refractivity contribution in [3.8, 4) is 0 Å². The van der Waals surface area contributed by atoms with Gasteiger partial charge in [-0.2, -0.15) is 0 Å². The molecule has 0 aromatic carbocycles. The Hall–Kier alpha value is -0.840. The van der Waals surface area contributed by atoms with Gasteiger partial charge in [-0.25, -0.2) is 4.79 Å². The van der Waals surface area contributed by atoms with Crippen molar-refractivity contribution in [2.24, 2.45) is 11.7 Å². The van der Waals surface area contributed by atoms with Gasteiger partial charge < -0.3 is 15.5 Å². The number of hydrogen-bond acceptors (Lipinski definition) is 2. The van der Waals surface area contributed by atoms with Gasteiger partial charge in [-0.05, 0) is 26.7 Å². The number of hydrogen-bond donors (Lipinski definition) is 1. The van der Waals surface area contributed by atoms with Crippen molar-refractivity contribution in [3.63, 3.8) is 0 Å². The molecule has 0 aromatic rings. The number of carbonyl (C=O) groups is 1. The molecule has 0 saturated carbocycles. The first-order valence-electron chi connectivity index (χ1n) is 5.93. The van der Waals surface area contributed by atoms with E-state index < -0.39 is 0 Å². The molecule has 0 spiro atoms. The molecule has 0 aromatic heterocycles. The van der Waals surface area contributed by atoms with E-state index in [9.17, 15) is 4.79 Å². The molecule has 1 heterocycles. The summed E-state index contributed by atoms with van der Waals surface area (Å²) in [5.41, 5.74) is 5.65. The molecule has 4 nitrogen and oxygen atoms in total. The number of thiocarbonyl (C=S) groups is 1. The molecule has 1 aliphatic heterocycles. The van der Waals surface area contributed by atoms with Gasteiger partial charge in [-0.1, -0.05) is 12.2 Å². The Labute approximate surface area is 103 Å². The maximum absolute atomic E-state index is 12.1. The summed E-state index contributed by atoms with van der Waals surface area (Å²) in [5, 5.41) is 0. The third-order valence-corrected chi connectivity index (χ3v) is 3.46. The number of urea groups is 1. The Morgan fingerprint density at radius 2 is 2.12 bits per heavy atom. The fourth-order valence-electron chi connectivity index (χ4n) is 2.08. The van der Waals surface area contributed by atoms with E-state index in [-0.39, 0.29) is 11.9 Å². The molecule has 0 aliphatic carbocycles. The topological polar surface area (TPSA) is 49.6 Å². The van der Waals surface area contributed by atoms with Gasteiger partial charge in [0, 0.05) is 32.1 Å². The third-order valence-electron chi connectivity index (χ3n) is 3.13. The molecule has 1 aliphatic rings. The standard InChI is InChI=1S/C11H21N3OS/c1-3-13(4-2)11(15)14-7-5-6-9(8-14)10(12)16/h9H,3-8H2,1-2H3,(H2,12,16). The summed E-state index contributed by atoms with van der Waals surface area (Å²) in [5.74, 6) is 0.197. The molecular formula is C11H21N3OS. The predicted octanol–water partition coefficient (Wildman–Crippen LogP) is 1.45. The number of nitrogens with zero attached hydrogens (tertiary/aromatic N) is 2. The molecule has 0 bridgehead atoms. The summed E-state index contributed by atoms with van der Waals surface area (Å²) in [6, 6.07) is 0.117. The van der Waals surface area contributed by atoms with Gasteiger partial charge in [0.2, 0.25) is 0 Å². The van der Waals surface area contributed by atoms with Crippen LogP contribution in [-0.2, 0) is 0 Å². The van der Waals surface area contributed by atoms with Crippen molar-refractivity contribution >= 4 is 23.2 Å². The number of piperidine rings is 1.